The van der Waals surface area contributed by atoms with Crippen LogP contribution in [-0.4, -0.2) is 13.9 Å². The number of hydrogen-bond donors (Lipinski definition) is 0. The fourth-order valence-corrected chi connectivity index (χ4v) is 15.6. The van der Waals surface area contributed by atoms with E-state index >= 15 is 4.79 Å². The van der Waals surface area contributed by atoms with Gasteiger partial charge in [-0.15, -0.1) is 0 Å². The highest BCUT2D eigenvalue weighted by Crippen LogP contribution is 2.74. The Hall–Kier alpha value is -3.75. The van der Waals surface area contributed by atoms with Gasteiger partial charge in [0.1, 0.15) is 8.07 Å². The zero-order chi connectivity index (χ0) is 30.4. The van der Waals surface area contributed by atoms with E-state index in [4.69, 9.17) is 0 Å². The molecule has 0 aromatic heterocycles. The lowest BCUT2D eigenvalue weighted by molar-refractivity contribution is 0.0311. The molecular weight excluding hydrogens is 549 g/mol. The first kappa shape index (κ1) is 29.0. The molecule has 0 spiro atoms. The summed E-state index contributed by atoms with van der Waals surface area (Å²) in [5, 5.41) is 5.40. The minimum absolute atomic E-state index is 0.0512. The van der Waals surface area contributed by atoms with Crippen molar-refractivity contribution in [3.8, 4) is 0 Å². The van der Waals surface area contributed by atoms with Crippen LogP contribution in [0.15, 0.2) is 133 Å². The quantitative estimate of drug-likeness (QED) is 0.123. The Labute approximate surface area is 264 Å². The normalized spacial score (nSPS) is 22.9. The maximum Gasteiger partial charge on any atom is 0.169 e. The van der Waals surface area contributed by atoms with Gasteiger partial charge in [-0.3, -0.25) is 4.79 Å². The van der Waals surface area contributed by atoms with Crippen molar-refractivity contribution in [3.05, 3.63) is 145 Å². The molecule has 1 nitrogen and oxygen atoms in total. The molecule has 0 unspecified atom stereocenters. The van der Waals surface area contributed by atoms with E-state index in [1.807, 2.05) is 0 Å². The Kier molecular flexibility index (Phi) is 7.25. The molecular formula is C42H44OSi. The zero-order valence-electron chi connectivity index (χ0n) is 26.4. The van der Waals surface area contributed by atoms with Crippen molar-refractivity contribution in [1.82, 2.24) is 0 Å². The van der Waals surface area contributed by atoms with Crippen molar-refractivity contribution in [1.29, 1.82) is 0 Å². The third-order valence-electron chi connectivity index (χ3n) is 11.6. The second kappa shape index (κ2) is 11.0. The number of fused-ring (bicyclic) bond motifs is 2. The first-order chi connectivity index (χ1) is 21.3. The largest absolute Gasteiger partial charge is 0.294 e. The van der Waals surface area contributed by atoms with Crippen LogP contribution in [0.5, 0.6) is 0 Å². The predicted molar refractivity (Wildman–Crippen MR) is 188 cm³/mol. The van der Waals surface area contributed by atoms with E-state index in [9.17, 15) is 0 Å². The molecule has 3 aliphatic rings. The van der Waals surface area contributed by atoms with Crippen LogP contribution < -0.4 is 10.4 Å². The SMILES string of the molecule is CC(C)(C)[Si](C[C@]1(CCc2ccccc2)CC2CC1(C(=O)c1ccc3ccccc3c1)C2)(c1ccccc1)c1ccccc1. The number of benzene rings is 5. The van der Waals surface area contributed by atoms with Crippen LogP contribution in [0.2, 0.25) is 11.1 Å². The fourth-order valence-electron chi connectivity index (χ4n) is 9.44. The molecule has 44 heavy (non-hydrogen) atoms. The third kappa shape index (κ3) is 4.61. The highest BCUT2D eigenvalue weighted by molar-refractivity contribution is 7.04. The summed E-state index contributed by atoms with van der Waals surface area (Å²) in [6.45, 7) is 7.42. The van der Waals surface area contributed by atoms with E-state index in [0.29, 0.717) is 11.7 Å². The van der Waals surface area contributed by atoms with Gasteiger partial charge in [0.05, 0.1) is 0 Å². The lowest BCUT2D eigenvalue weighted by Crippen LogP contribution is -2.67. The Bertz CT molecular complexity index is 1720. The molecule has 5 aromatic rings. The van der Waals surface area contributed by atoms with Gasteiger partial charge in [-0.05, 0) is 76.9 Å². The molecule has 3 fully saturated rings. The minimum Gasteiger partial charge on any atom is -0.294 e. The summed E-state index contributed by atoms with van der Waals surface area (Å²) in [6.07, 6.45) is 5.29. The van der Waals surface area contributed by atoms with Crippen LogP contribution in [-0.2, 0) is 6.42 Å². The van der Waals surface area contributed by atoms with Gasteiger partial charge in [0, 0.05) is 11.0 Å². The molecule has 5 aromatic carbocycles. The molecule has 1 atom stereocenters. The molecule has 8 rings (SSSR count). The van der Waals surface area contributed by atoms with E-state index in [2.05, 4.69) is 154 Å². The van der Waals surface area contributed by atoms with Crippen LogP contribution in [0.25, 0.3) is 10.8 Å². The Balaban J connectivity index is 1.41. The monoisotopic (exact) mass is 592 g/mol. The number of aryl methyl sites for hydroxylation is 1. The maximum atomic E-state index is 15.1. The van der Waals surface area contributed by atoms with E-state index in [-0.39, 0.29) is 15.9 Å². The van der Waals surface area contributed by atoms with Crippen molar-refractivity contribution in [2.45, 2.75) is 64.0 Å². The van der Waals surface area contributed by atoms with Crippen LogP contribution >= 0.6 is 0 Å². The maximum absolute atomic E-state index is 15.1. The number of rotatable bonds is 9. The van der Waals surface area contributed by atoms with E-state index in [1.165, 1.54) is 21.3 Å². The number of carbonyl (C=O) groups is 1. The molecule has 2 heteroatoms. The second-order valence-electron chi connectivity index (χ2n) is 14.8. The molecule has 0 amide bonds. The van der Waals surface area contributed by atoms with Crippen molar-refractivity contribution in [2.24, 2.45) is 16.7 Å². The van der Waals surface area contributed by atoms with Crippen molar-refractivity contribution in [2.75, 3.05) is 0 Å². The van der Waals surface area contributed by atoms with Gasteiger partial charge in [-0.1, -0.05) is 159 Å². The van der Waals surface area contributed by atoms with Crippen LogP contribution in [0.4, 0.5) is 0 Å². The first-order valence-corrected chi connectivity index (χ1v) is 18.7. The van der Waals surface area contributed by atoms with E-state index < -0.39 is 8.07 Å². The average molecular weight is 593 g/mol. The third-order valence-corrected chi connectivity index (χ3v) is 18.0. The number of ketones is 1. The van der Waals surface area contributed by atoms with Gasteiger partial charge in [0.15, 0.2) is 5.78 Å². The van der Waals surface area contributed by atoms with E-state index in [1.54, 1.807) is 0 Å². The van der Waals surface area contributed by atoms with Gasteiger partial charge in [-0.2, -0.15) is 0 Å². The molecule has 2 bridgehead atoms. The molecule has 0 heterocycles. The first-order valence-electron chi connectivity index (χ1n) is 16.5. The Morgan fingerprint density at radius 3 is 1.82 bits per heavy atom. The number of Topliss-reactive ketones (excluding diaryl/α,β-unsaturated/α-hetero) is 1. The van der Waals surface area contributed by atoms with Gasteiger partial charge >= 0.3 is 0 Å². The summed E-state index contributed by atoms with van der Waals surface area (Å²) in [5.41, 5.74) is 1.89. The van der Waals surface area contributed by atoms with Crippen LogP contribution in [0, 0.1) is 16.7 Å². The lowest BCUT2D eigenvalue weighted by atomic mass is 9.56. The van der Waals surface area contributed by atoms with Crippen molar-refractivity contribution >= 4 is 35.0 Å². The summed E-state index contributed by atoms with van der Waals surface area (Å²) >= 11 is 0. The van der Waals surface area contributed by atoms with E-state index in [0.717, 1.165) is 49.1 Å². The highest BCUT2D eigenvalue weighted by atomic mass is 28.3. The fraction of sp³-hybridized carbons (Fsp3) is 0.310. The van der Waals surface area contributed by atoms with Crippen molar-refractivity contribution in [3.63, 3.8) is 0 Å². The van der Waals surface area contributed by atoms with Crippen LogP contribution in [0.3, 0.4) is 0 Å². The summed E-state index contributed by atoms with van der Waals surface area (Å²) < 4.78 is 0. The van der Waals surface area contributed by atoms with Gasteiger partial charge in [-0.25, -0.2) is 0 Å². The lowest BCUT2D eigenvalue weighted by Gasteiger charge is -2.54. The zero-order valence-corrected chi connectivity index (χ0v) is 27.4. The van der Waals surface area contributed by atoms with Gasteiger partial charge < -0.3 is 0 Å². The summed E-state index contributed by atoms with van der Waals surface area (Å²) in [7, 11) is -2.43. The Morgan fingerprint density at radius 2 is 1.23 bits per heavy atom. The topological polar surface area (TPSA) is 17.1 Å². The van der Waals surface area contributed by atoms with Crippen molar-refractivity contribution < 1.29 is 4.79 Å². The molecule has 3 aliphatic carbocycles. The highest BCUT2D eigenvalue weighted by Gasteiger charge is 2.71. The minimum atomic E-state index is -2.43. The standard InChI is InChI=1S/C42H44OSi/c1-40(2,3)44(37-19-9-5-10-20-37,38-21-11-6-12-22-38)31-41(26-25-32-15-7-4-8-16-32)28-33-29-42(41,30-33)39(43)36-24-23-34-17-13-14-18-35(34)27-36/h4-24,27,33H,25-26,28-31H2,1-3H3/t33?,41-,42?/m0/s1. The second-order valence-corrected chi connectivity index (χ2v) is 19.6. The molecule has 3 saturated carbocycles. The van der Waals surface area contributed by atoms with Crippen LogP contribution in [0.1, 0.15) is 62.4 Å². The smallest absolute Gasteiger partial charge is 0.169 e. The molecule has 0 saturated heterocycles. The number of carbonyl (C=O) groups excluding carboxylic acids is 1. The average Bonchev–Trinajstić information content (AvgIpc) is 3.53. The number of hydrogen-bond acceptors (Lipinski definition) is 1. The molecule has 0 N–H and O–H groups in total. The molecule has 0 radical (unpaired) electrons. The molecule has 222 valence electrons. The van der Waals surface area contributed by atoms with Gasteiger partial charge in [0.2, 0.25) is 0 Å². The predicted octanol–water partition coefficient (Wildman–Crippen LogP) is 9.51. The summed E-state index contributed by atoms with van der Waals surface area (Å²) in [5.74, 6) is 1.02. The van der Waals surface area contributed by atoms with Gasteiger partial charge in [0.25, 0.3) is 0 Å². The molecule has 0 aliphatic heterocycles. The summed E-state index contributed by atoms with van der Waals surface area (Å²) in [6, 6.07) is 49.7. The summed E-state index contributed by atoms with van der Waals surface area (Å²) in [4.78, 5) is 15.1. The Morgan fingerprint density at radius 1 is 0.682 bits per heavy atom.